The molecule has 3 aliphatic rings. The molecule has 1 aromatic heterocycles. The Morgan fingerprint density at radius 2 is 2.07 bits per heavy atom. The lowest BCUT2D eigenvalue weighted by Gasteiger charge is -2.49. The van der Waals surface area contributed by atoms with Crippen molar-refractivity contribution < 1.29 is 9.53 Å². The van der Waals surface area contributed by atoms with Gasteiger partial charge >= 0.3 is 0 Å². The molecule has 3 saturated heterocycles. The lowest BCUT2D eigenvalue weighted by Crippen LogP contribution is -2.57. The highest BCUT2D eigenvalue weighted by Gasteiger charge is 2.43. The van der Waals surface area contributed by atoms with E-state index in [1.807, 2.05) is 49.2 Å². The maximum absolute atomic E-state index is 12.4. The molecular formula is C20H27N5O2. The number of methoxy groups -OCH3 is 1. The van der Waals surface area contributed by atoms with Crippen LogP contribution in [0.5, 0.6) is 5.75 Å². The summed E-state index contributed by atoms with van der Waals surface area (Å²) in [6, 6.07) is 8.29. The summed E-state index contributed by atoms with van der Waals surface area (Å²) in [7, 11) is 5.37. The minimum Gasteiger partial charge on any atom is -0.497 e. The van der Waals surface area contributed by atoms with Crippen molar-refractivity contribution in [2.75, 3.05) is 34.3 Å². The summed E-state index contributed by atoms with van der Waals surface area (Å²) in [5, 5.41) is 8.66. The number of rotatable bonds is 5. The van der Waals surface area contributed by atoms with Crippen molar-refractivity contribution in [2.45, 2.75) is 25.4 Å². The van der Waals surface area contributed by atoms with Crippen LogP contribution in [-0.4, -0.2) is 71.0 Å². The molecule has 0 saturated carbocycles. The molecule has 3 aliphatic heterocycles. The number of hydrogen-bond donors (Lipinski definition) is 0. The minimum absolute atomic E-state index is 0.149. The number of piperidine rings is 3. The van der Waals surface area contributed by atoms with Crippen LogP contribution in [0.4, 0.5) is 0 Å². The summed E-state index contributed by atoms with van der Waals surface area (Å²) in [5.41, 5.74) is 1.90. The Hall–Kier alpha value is -2.41. The van der Waals surface area contributed by atoms with E-state index in [2.05, 4.69) is 15.2 Å². The topological polar surface area (TPSA) is 63.5 Å². The van der Waals surface area contributed by atoms with E-state index in [1.54, 1.807) is 12.0 Å². The Kier molecular flexibility index (Phi) is 4.86. The van der Waals surface area contributed by atoms with Crippen LogP contribution in [0, 0.1) is 11.8 Å². The van der Waals surface area contributed by atoms with E-state index in [-0.39, 0.29) is 11.8 Å². The Morgan fingerprint density at radius 1 is 1.30 bits per heavy atom. The zero-order valence-electron chi connectivity index (χ0n) is 16.2. The number of aromatic nitrogens is 3. The van der Waals surface area contributed by atoms with Gasteiger partial charge in [-0.15, -0.1) is 5.10 Å². The number of nitrogens with zero attached hydrogens (tertiary/aromatic N) is 5. The second kappa shape index (κ2) is 7.31. The third kappa shape index (κ3) is 3.56. The van der Waals surface area contributed by atoms with Gasteiger partial charge in [0.15, 0.2) is 0 Å². The summed E-state index contributed by atoms with van der Waals surface area (Å²) in [6.45, 7) is 2.77. The maximum Gasteiger partial charge on any atom is 0.226 e. The molecular weight excluding hydrogens is 342 g/mol. The highest BCUT2D eigenvalue weighted by atomic mass is 16.5. The monoisotopic (exact) mass is 369 g/mol. The van der Waals surface area contributed by atoms with Gasteiger partial charge in [-0.25, -0.2) is 0 Å². The second-order valence-corrected chi connectivity index (χ2v) is 7.83. The number of carbonyl (C=O) groups excluding carboxylic acids is 1. The Balaban J connectivity index is 1.42. The molecule has 0 N–H and O–H groups in total. The molecule has 7 nitrogen and oxygen atoms in total. The van der Waals surface area contributed by atoms with Crippen molar-refractivity contribution in [1.82, 2.24) is 24.8 Å². The first-order chi connectivity index (χ1) is 13.0. The normalized spacial score (nSPS) is 26.8. The van der Waals surface area contributed by atoms with Crippen LogP contribution in [0.3, 0.4) is 0 Å². The molecule has 4 atom stereocenters. The van der Waals surface area contributed by atoms with Crippen molar-refractivity contribution in [1.29, 1.82) is 0 Å². The van der Waals surface area contributed by atoms with Crippen LogP contribution in [-0.2, 0) is 11.3 Å². The van der Waals surface area contributed by atoms with E-state index in [4.69, 9.17) is 4.74 Å². The molecule has 0 radical (unpaired) electrons. The van der Waals surface area contributed by atoms with Crippen molar-refractivity contribution >= 4 is 5.91 Å². The first-order valence-electron chi connectivity index (χ1n) is 9.55. The first-order valence-corrected chi connectivity index (χ1v) is 9.55. The molecule has 5 rings (SSSR count). The molecule has 1 aromatic carbocycles. The summed E-state index contributed by atoms with van der Waals surface area (Å²) in [6.07, 6.45) is 4.19. The third-order valence-corrected chi connectivity index (χ3v) is 5.96. The molecule has 1 unspecified atom stereocenters. The fraction of sp³-hybridized carbons (Fsp3) is 0.550. The van der Waals surface area contributed by atoms with Crippen LogP contribution < -0.4 is 4.74 Å². The van der Waals surface area contributed by atoms with Crippen molar-refractivity contribution in [3.05, 3.63) is 30.5 Å². The van der Waals surface area contributed by atoms with Gasteiger partial charge in [0.2, 0.25) is 5.91 Å². The minimum atomic E-state index is 0.149. The predicted molar refractivity (Wildman–Crippen MR) is 102 cm³/mol. The maximum atomic E-state index is 12.4. The van der Waals surface area contributed by atoms with E-state index >= 15 is 0 Å². The Bertz CT molecular complexity index is 801. The average molecular weight is 369 g/mol. The average Bonchev–Trinajstić information content (AvgIpc) is 3.16. The molecule has 2 bridgehead atoms. The van der Waals surface area contributed by atoms with Gasteiger partial charge in [0.25, 0.3) is 0 Å². The quantitative estimate of drug-likeness (QED) is 0.804. The number of carbonyl (C=O) groups is 1. The summed E-state index contributed by atoms with van der Waals surface area (Å²) in [4.78, 5) is 16.6. The fourth-order valence-corrected chi connectivity index (χ4v) is 4.44. The van der Waals surface area contributed by atoms with E-state index in [1.165, 1.54) is 0 Å². The van der Waals surface area contributed by atoms with Gasteiger partial charge in [0.05, 0.1) is 25.8 Å². The Morgan fingerprint density at radius 3 is 2.70 bits per heavy atom. The third-order valence-electron chi connectivity index (χ3n) is 5.96. The molecule has 7 heteroatoms. The molecule has 3 fully saturated rings. The van der Waals surface area contributed by atoms with Gasteiger partial charge in [0, 0.05) is 32.2 Å². The van der Waals surface area contributed by atoms with E-state index in [0.29, 0.717) is 12.0 Å². The molecule has 4 heterocycles. The highest BCUT2D eigenvalue weighted by Crippen LogP contribution is 2.37. The number of amides is 1. The Labute approximate surface area is 159 Å². The molecule has 27 heavy (non-hydrogen) atoms. The summed E-state index contributed by atoms with van der Waals surface area (Å²) < 4.78 is 7.14. The molecule has 144 valence electrons. The summed E-state index contributed by atoms with van der Waals surface area (Å²) >= 11 is 0. The summed E-state index contributed by atoms with van der Waals surface area (Å²) in [5.74, 6) is 1.74. The van der Waals surface area contributed by atoms with Crippen LogP contribution in [0.2, 0.25) is 0 Å². The van der Waals surface area contributed by atoms with E-state index in [9.17, 15) is 4.79 Å². The van der Waals surface area contributed by atoms with E-state index in [0.717, 1.165) is 49.5 Å². The highest BCUT2D eigenvalue weighted by molar-refractivity contribution is 5.79. The smallest absolute Gasteiger partial charge is 0.226 e. The lowest BCUT2D eigenvalue weighted by atomic mass is 9.75. The van der Waals surface area contributed by atoms with Crippen LogP contribution in [0.25, 0.3) is 11.3 Å². The van der Waals surface area contributed by atoms with Gasteiger partial charge in [-0.1, -0.05) is 5.21 Å². The standard InChI is InChI=1S/C20H27N5O2/c1-23(2)20(26)18-12-24-9-8-15(18)10-16(24)11-25-13-19(21-22-25)14-4-6-17(27-3)7-5-14/h4-7,13,15-16,18H,8-12H2,1-3H3/t15-,16+,18+/m0/s1. The lowest BCUT2D eigenvalue weighted by molar-refractivity contribution is -0.141. The molecule has 0 aliphatic carbocycles. The zero-order valence-corrected chi connectivity index (χ0v) is 16.2. The number of ether oxygens (including phenoxy) is 1. The number of hydrogen-bond acceptors (Lipinski definition) is 5. The second-order valence-electron chi connectivity index (χ2n) is 7.83. The molecule has 0 spiro atoms. The van der Waals surface area contributed by atoms with E-state index < -0.39 is 0 Å². The van der Waals surface area contributed by atoms with Gasteiger partial charge in [-0.3, -0.25) is 14.4 Å². The fourth-order valence-electron chi connectivity index (χ4n) is 4.44. The zero-order chi connectivity index (χ0) is 19.0. The molecule has 2 aromatic rings. The van der Waals surface area contributed by atoms with Crippen molar-refractivity contribution in [3.8, 4) is 17.0 Å². The number of fused-ring (bicyclic) bond motifs is 3. The first kappa shape index (κ1) is 18.0. The van der Waals surface area contributed by atoms with Crippen LogP contribution >= 0.6 is 0 Å². The predicted octanol–water partition coefficient (Wildman–Crippen LogP) is 1.75. The van der Waals surface area contributed by atoms with Gasteiger partial charge < -0.3 is 9.64 Å². The molecule has 1 amide bonds. The SMILES string of the molecule is COc1ccc(-c2cn(C[C@H]3C[C@@H]4CCN3C[C@H]4C(=O)N(C)C)nn2)cc1. The van der Waals surface area contributed by atoms with Gasteiger partial charge in [-0.05, 0) is 49.6 Å². The largest absolute Gasteiger partial charge is 0.497 e. The number of benzene rings is 1. The van der Waals surface area contributed by atoms with Gasteiger partial charge in [-0.2, -0.15) is 0 Å². The van der Waals surface area contributed by atoms with Crippen molar-refractivity contribution in [3.63, 3.8) is 0 Å². The van der Waals surface area contributed by atoms with Gasteiger partial charge in [0.1, 0.15) is 11.4 Å². The van der Waals surface area contributed by atoms with Crippen LogP contribution in [0.15, 0.2) is 30.5 Å². The van der Waals surface area contributed by atoms with Crippen molar-refractivity contribution in [2.24, 2.45) is 11.8 Å². The van der Waals surface area contributed by atoms with Crippen LogP contribution in [0.1, 0.15) is 12.8 Å².